The molecule has 3 aromatic rings. The van der Waals surface area contributed by atoms with Crippen molar-refractivity contribution in [3.63, 3.8) is 0 Å². The van der Waals surface area contributed by atoms with Crippen molar-refractivity contribution in [2.75, 3.05) is 18.4 Å². The topological polar surface area (TPSA) is 75.7 Å². The van der Waals surface area contributed by atoms with Crippen molar-refractivity contribution in [3.05, 3.63) is 87.4 Å². The van der Waals surface area contributed by atoms with Crippen LogP contribution in [0.15, 0.2) is 66.7 Å². The molecule has 184 valence electrons. The highest BCUT2D eigenvalue weighted by molar-refractivity contribution is 7.88. The largest absolute Gasteiger partial charge is 0.455 e. The molecular weight excluding hydrogens is 531 g/mol. The number of anilines is 1. The summed E-state index contributed by atoms with van der Waals surface area (Å²) >= 11 is 18.1. The van der Waals surface area contributed by atoms with E-state index >= 15 is 0 Å². The van der Waals surface area contributed by atoms with E-state index in [9.17, 15) is 13.2 Å². The van der Waals surface area contributed by atoms with Crippen molar-refractivity contribution < 1.29 is 17.9 Å². The fraction of sp³-hybridized carbons (Fsp3) is 0.240. The quantitative estimate of drug-likeness (QED) is 0.357. The number of piperidine rings is 1. The van der Waals surface area contributed by atoms with Crippen LogP contribution in [0.25, 0.3) is 0 Å². The average Bonchev–Trinajstić information content (AvgIpc) is 2.84. The van der Waals surface area contributed by atoms with Gasteiger partial charge in [0.05, 0.1) is 27.4 Å². The van der Waals surface area contributed by atoms with Crippen molar-refractivity contribution >= 4 is 56.4 Å². The van der Waals surface area contributed by atoms with Crippen LogP contribution in [0, 0.1) is 5.92 Å². The maximum Gasteiger partial charge on any atom is 0.228 e. The standard InChI is InChI=1S/C25H23Cl3N2O4S/c26-19-9-11-24(34-20-6-2-1-3-7-20)23(14-19)29-25(31)18-5-4-12-30(15-18)35(32,33)16-17-8-10-21(27)22(28)13-17/h1-3,6-11,13-14,18H,4-5,12,15-16H2,(H,29,31)/t18-/m1/s1. The molecule has 1 fully saturated rings. The van der Waals surface area contributed by atoms with Crippen molar-refractivity contribution in [2.45, 2.75) is 18.6 Å². The van der Waals surface area contributed by atoms with Gasteiger partial charge in [-0.25, -0.2) is 12.7 Å². The summed E-state index contributed by atoms with van der Waals surface area (Å²) in [4.78, 5) is 13.1. The van der Waals surface area contributed by atoms with Crippen LogP contribution < -0.4 is 10.1 Å². The Morgan fingerprint density at radius 3 is 2.51 bits per heavy atom. The highest BCUT2D eigenvalue weighted by Crippen LogP contribution is 2.33. The summed E-state index contributed by atoms with van der Waals surface area (Å²) in [5.74, 6) is 0.0219. The van der Waals surface area contributed by atoms with E-state index in [-0.39, 0.29) is 18.2 Å². The van der Waals surface area contributed by atoms with Crippen LogP contribution in [0.2, 0.25) is 15.1 Å². The van der Waals surface area contributed by atoms with E-state index in [0.29, 0.717) is 57.2 Å². The van der Waals surface area contributed by atoms with Crippen LogP contribution in [-0.4, -0.2) is 31.7 Å². The van der Waals surface area contributed by atoms with Crippen LogP contribution >= 0.6 is 34.8 Å². The molecular formula is C25H23Cl3N2O4S. The molecule has 4 rings (SSSR count). The maximum atomic E-state index is 13.1. The third-order valence-corrected chi connectivity index (χ3v) is 8.44. The van der Waals surface area contributed by atoms with Gasteiger partial charge in [0.15, 0.2) is 5.75 Å². The number of amides is 1. The number of carbonyl (C=O) groups is 1. The van der Waals surface area contributed by atoms with Crippen LogP contribution in [0.4, 0.5) is 5.69 Å². The van der Waals surface area contributed by atoms with Gasteiger partial charge in [-0.05, 0) is 60.9 Å². The van der Waals surface area contributed by atoms with E-state index < -0.39 is 15.9 Å². The SMILES string of the molecule is O=C(Nc1cc(Cl)ccc1Oc1ccccc1)[C@@H]1CCCN(S(=O)(=O)Cc2ccc(Cl)c(Cl)c2)C1. The van der Waals surface area contributed by atoms with E-state index in [2.05, 4.69) is 5.32 Å². The van der Waals surface area contributed by atoms with Gasteiger partial charge >= 0.3 is 0 Å². The number of hydrogen-bond acceptors (Lipinski definition) is 4. The fourth-order valence-electron chi connectivity index (χ4n) is 3.88. The van der Waals surface area contributed by atoms with Crippen LogP contribution in [0.1, 0.15) is 18.4 Å². The molecule has 10 heteroatoms. The number of rotatable bonds is 7. The van der Waals surface area contributed by atoms with E-state index in [1.807, 2.05) is 18.2 Å². The molecule has 0 aromatic heterocycles. The van der Waals surface area contributed by atoms with Gasteiger partial charge in [-0.2, -0.15) is 0 Å². The first kappa shape index (κ1) is 25.8. The number of nitrogens with one attached hydrogen (secondary N) is 1. The van der Waals surface area contributed by atoms with Gasteiger partial charge in [-0.1, -0.05) is 59.1 Å². The molecule has 6 nitrogen and oxygen atoms in total. The van der Waals surface area contributed by atoms with Gasteiger partial charge < -0.3 is 10.1 Å². The number of halogens is 3. The molecule has 0 bridgehead atoms. The Balaban J connectivity index is 1.46. The minimum absolute atomic E-state index is 0.0882. The van der Waals surface area contributed by atoms with E-state index in [1.54, 1.807) is 48.5 Å². The Kier molecular flexibility index (Phi) is 8.24. The smallest absolute Gasteiger partial charge is 0.228 e. The number of ether oxygens (including phenoxy) is 1. The number of hydrogen-bond donors (Lipinski definition) is 1. The third-order valence-electron chi connectivity index (χ3n) is 5.65. The van der Waals surface area contributed by atoms with Gasteiger partial charge in [0, 0.05) is 18.1 Å². The van der Waals surface area contributed by atoms with E-state index in [0.717, 1.165) is 0 Å². The zero-order valence-corrected chi connectivity index (χ0v) is 21.7. The Labute approximate surface area is 219 Å². The zero-order valence-electron chi connectivity index (χ0n) is 18.6. The number of benzene rings is 3. The van der Waals surface area contributed by atoms with Crippen LogP contribution in [-0.2, 0) is 20.6 Å². The molecule has 1 amide bonds. The second-order valence-corrected chi connectivity index (χ2v) is 11.5. The molecule has 1 saturated heterocycles. The fourth-order valence-corrected chi connectivity index (χ4v) is 5.97. The minimum Gasteiger partial charge on any atom is -0.455 e. The number of nitrogens with zero attached hydrogens (tertiary/aromatic N) is 1. The highest BCUT2D eigenvalue weighted by atomic mass is 35.5. The lowest BCUT2D eigenvalue weighted by Gasteiger charge is -2.31. The summed E-state index contributed by atoms with van der Waals surface area (Å²) in [6.45, 7) is 0.442. The average molecular weight is 554 g/mol. The molecule has 35 heavy (non-hydrogen) atoms. The van der Waals surface area contributed by atoms with Gasteiger partial charge in [0.25, 0.3) is 0 Å². The summed E-state index contributed by atoms with van der Waals surface area (Å²) in [5.41, 5.74) is 0.953. The zero-order chi connectivity index (χ0) is 25.0. The normalized spacial score (nSPS) is 16.6. The summed E-state index contributed by atoms with van der Waals surface area (Å²) < 4.78 is 33.4. The molecule has 0 aliphatic carbocycles. The molecule has 0 saturated carbocycles. The monoisotopic (exact) mass is 552 g/mol. The highest BCUT2D eigenvalue weighted by Gasteiger charge is 2.33. The summed E-state index contributed by atoms with van der Waals surface area (Å²) in [6.07, 6.45) is 1.14. The first-order valence-electron chi connectivity index (χ1n) is 11.0. The molecule has 0 spiro atoms. The molecule has 1 aliphatic rings. The van der Waals surface area contributed by atoms with E-state index in [1.165, 1.54) is 4.31 Å². The van der Waals surface area contributed by atoms with Crippen LogP contribution in [0.5, 0.6) is 11.5 Å². The molecule has 3 aromatic carbocycles. The minimum atomic E-state index is -3.66. The molecule has 0 unspecified atom stereocenters. The number of sulfonamides is 1. The summed E-state index contributed by atoms with van der Waals surface area (Å²) in [7, 11) is -3.66. The lowest BCUT2D eigenvalue weighted by molar-refractivity contribution is -0.120. The Bertz CT molecular complexity index is 1320. The maximum absolute atomic E-state index is 13.1. The molecule has 1 atom stereocenters. The van der Waals surface area contributed by atoms with Crippen molar-refractivity contribution in [2.24, 2.45) is 5.92 Å². The Hall–Kier alpha value is -2.29. The Morgan fingerprint density at radius 2 is 1.77 bits per heavy atom. The third kappa shape index (κ3) is 6.68. The summed E-state index contributed by atoms with van der Waals surface area (Å²) in [6, 6.07) is 18.9. The van der Waals surface area contributed by atoms with Gasteiger partial charge in [-0.15, -0.1) is 0 Å². The molecule has 1 heterocycles. The predicted molar refractivity (Wildman–Crippen MR) is 140 cm³/mol. The lowest BCUT2D eigenvalue weighted by Crippen LogP contribution is -2.44. The molecule has 1 N–H and O–H groups in total. The van der Waals surface area contributed by atoms with Gasteiger partial charge in [0.2, 0.25) is 15.9 Å². The molecule has 0 radical (unpaired) electrons. The van der Waals surface area contributed by atoms with Crippen molar-refractivity contribution in [3.8, 4) is 11.5 Å². The second-order valence-electron chi connectivity index (χ2n) is 8.25. The second kappa shape index (κ2) is 11.2. The lowest BCUT2D eigenvalue weighted by atomic mass is 9.98. The van der Waals surface area contributed by atoms with Crippen molar-refractivity contribution in [1.29, 1.82) is 0 Å². The number of para-hydroxylation sites is 1. The molecule has 1 aliphatic heterocycles. The number of carbonyl (C=O) groups excluding carboxylic acids is 1. The Morgan fingerprint density at radius 1 is 1.00 bits per heavy atom. The van der Waals surface area contributed by atoms with Crippen LogP contribution in [0.3, 0.4) is 0 Å². The first-order valence-corrected chi connectivity index (χ1v) is 13.7. The predicted octanol–water partition coefficient (Wildman–Crippen LogP) is 6.62. The van der Waals surface area contributed by atoms with Gasteiger partial charge in [0.1, 0.15) is 5.75 Å². The summed E-state index contributed by atoms with van der Waals surface area (Å²) in [5, 5.41) is 3.97. The first-order chi connectivity index (χ1) is 16.7. The van der Waals surface area contributed by atoms with Gasteiger partial charge in [-0.3, -0.25) is 4.79 Å². The van der Waals surface area contributed by atoms with Crippen molar-refractivity contribution in [1.82, 2.24) is 4.31 Å². The van der Waals surface area contributed by atoms with E-state index in [4.69, 9.17) is 39.5 Å².